The van der Waals surface area contributed by atoms with Gasteiger partial charge in [-0.05, 0) is 54.1 Å². The fourth-order valence-electron chi connectivity index (χ4n) is 4.83. The number of ether oxygens (including phenoxy) is 2. The quantitative estimate of drug-likeness (QED) is 0.173. The second kappa shape index (κ2) is 12.2. The molecule has 2 aromatic heterocycles. The van der Waals surface area contributed by atoms with E-state index in [4.69, 9.17) is 20.0 Å². The summed E-state index contributed by atoms with van der Waals surface area (Å²) in [6, 6.07) is 25.1. The van der Waals surface area contributed by atoms with Gasteiger partial charge in [-0.3, -0.25) is 5.41 Å². The summed E-state index contributed by atoms with van der Waals surface area (Å²) in [5.74, 6) is 0.311. The van der Waals surface area contributed by atoms with Crippen molar-refractivity contribution in [3.63, 3.8) is 0 Å². The van der Waals surface area contributed by atoms with Crippen molar-refractivity contribution in [2.45, 2.75) is 30.7 Å². The predicted octanol–water partition coefficient (Wildman–Crippen LogP) is 1.30. The molecule has 1 fully saturated rings. The molecule has 5 N–H and O–H groups in total. The maximum Gasteiger partial charge on any atom is 0.229 e. The summed E-state index contributed by atoms with van der Waals surface area (Å²) >= 11 is 0. The van der Waals surface area contributed by atoms with Crippen molar-refractivity contribution < 1.29 is 29.9 Å². The molecule has 0 radical (unpaired) electrons. The number of nitrogens with one attached hydrogen (secondary N) is 1. The van der Waals surface area contributed by atoms with Crippen molar-refractivity contribution in [3.8, 4) is 28.8 Å². The zero-order valence-electron chi connectivity index (χ0n) is 23.0. The molecule has 13 heteroatoms. The van der Waals surface area contributed by atoms with Gasteiger partial charge in [0.15, 0.2) is 11.1 Å². The van der Waals surface area contributed by atoms with Crippen LogP contribution >= 0.6 is 0 Å². The molecule has 222 valence electrons. The van der Waals surface area contributed by atoms with Gasteiger partial charge >= 0.3 is 0 Å². The van der Waals surface area contributed by atoms with Crippen LogP contribution in [0, 0.1) is 16.7 Å². The topological polar surface area (TPSA) is 195 Å². The lowest BCUT2D eigenvalue weighted by Crippen LogP contribution is -2.60. The van der Waals surface area contributed by atoms with Gasteiger partial charge in [-0.25, -0.2) is 14.3 Å². The van der Waals surface area contributed by atoms with Gasteiger partial charge in [-0.15, -0.1) is 0 Å². The maximum absolute atomic E-state index is 10.2. The summed E-state index contributed by atoms with van der Waals surface area (Å²) in [4.78, 5) is 4.58. The molecule has 5 aromatic rings. The van der Waals surface area contributed by atoms with Crippen LogP contribution in [-0.2, 0) is 4.74 Å². The summed E-state index contributed by atoms with van der Waals surface area (Å²) in [7, 11) is 0. The van der Waals surface area contributed by atoms with Crippen molar-refractivity contribution >= 4 is 17.2 Å². The van der Waals surface area contributed by atoms with E-state index in [0.717, 1.165) is 5.56 Å². The molecule has 0 amide bonds. The third kappa shape index (κ3) is 5.47. The summed E-state index contributed by atoms with van der Waals surface area (Å²) in [5.41, 5.74) is 3.75. The number of hydrogen-bond acceptors (Lipinski definition) is 11. The number of benzene rings is 3. The standard InChI is InChI=1S/C31H27N7O6/c32-14-18-6-10-21(11-7-18)38-30-24(25(36-38)20-4-2-1-3-5-20)29(33)37(17-34-30)35-15-19-8-12-22(13-9-19)43-31-28(42)27(41)26(40)23(16-39)44-31/h1-13,15,17,23,26-28,31,33,39-42H,16H2. The molecule has 5 atom stereocenters. The van der Waals surface area contributed by atoms with Gasteiger partial charge in [0.2, 0.25) is 6.29 Å². The molecule has 0 aliphatic carbocycles. The van der Waals surface area contributed by atoms with Crippen molar-refractivity contribution in [1.29, 1.82) is 10.7 Å². The van der Waals surface area contributed by atoms with E-state index in [1.807, 2.05) is 30.3 Å². The molecule has 0 bridgehead atoms. The molecule has 5 unspecified atom stereocenters. The Hall–Kier alpha value is -5.23. The predicted molar refractivity (Wildman–Crippen MR) is 157 cm³/mol. The first-order chi connectivity index (χ1) is 21.4. The van der Waals surface area contributed by atoms with Gasteiger partial charge in [-0.1, -0.05) is 30.3 Å². The fourth-order valence-corrected chi connectivity index (χ4v) is 4.83. The smallest absolute Gasteiger partial charge is 0.229 e. The number of aliphatic hydroxyl groups excluding tert-OH is 4. The number of rotatable bonds is 7. The summed E-state index contributed by atoms with van der Waals surface area (Å²) in [5, 5.41) is 67.4. The lowest BCUT2D eigenvalue weighted by molar-refractivity contribution is -0.277. The van der Waals surface area contributed by atoms with Crippen LogP contribution in [0.4, 0.5) is 0 Å². The molecule has 3 heterocycles. The summed E-state index contributed by atoms with van der Waals surface area (Å²) < 4.78 is 14.0. The van der Waals surface area contributed by atoms with Crippen molar-refractivity contribution in [2.75, 3.05) is 6.61 Å². The maximum atomic E-state index is 10.2. The highest BCUT2D eigenvalue weighted by Gasteiger charge is 2.44. The first-order valence-electron chi connectivity index (χ1n) is 13.6. The molecule has 3 aromatic carbocycles. The van der Waals surface area contributed by atoms with Gasteiger partial charge in [0.1, 0.15) is 42.2 Å². The average molecular weight is 594 g/mol. The molecule has 1 saturated heterocycles. The number of hydrogen-bond donors (Lipinski definition) is 5. The largest absolute Gasteiger partial charge is 0.462 e. The van der Waals surface area contributed by atoms with E-state index >= 15 is 0 Å². The Balaban J connectivity index is 1.28. The van der Waals surface area contributed by atoms with Crippen LogP contribution in [-0.4, -0.2) is 83.4 Å². The third-order valence-electron chi connectivity index (χ3n) is 7.22. The van der Waals surface area contributed by atoms with Crippen LogP contribution in [0.15, 0.2) is 90.3 Å². The zero-order chi connectivity index (χ0) is 30.8. The molecule has 44 heavy (non-hydrogen) atoms. The molecule has 1 aliphatic rings. The first kappa shape index (κ1) is 28.9. The summed E-state index contributed by atoms with van der Waals surface area (Å²) in [6.07, 6.45) is -3.96. The van der Waals surface area contributed by atoms with E-state index in [1.54, 1.807) is 53.2 Å². The van der Waals surface area contributed by atoms with Crippen LogP contribution in [0.1, 0.15) is 11.1 Å². The van der Waals surface area contributed by atoms with Crippen LogP contribution in [0.2, 0.25) is 0 Å². The molecule has 13 nitrogen and oxygen atoms in total. The number of aliphatic hydroxyl groups is 4. The Morgan fingerprint density at radius 2 is 1.70 bits per heavy atom. The SMILES string of the molecule is N#Cc1ccc(-n2nc(-c3ccccc3)c3c(=N)n(N=Cc4ccc(OC5OC(CO)C(O)C(O)C5O)cc4)cnc32)cc1. The Kier molecular flexibility index (Phi) is 7.99. The minimum Gasteiger partial charge on any atom is -0.462 e. The number of fused-ring (bicyclic) bond motifs is 1. The zero-order valence-corrected chi connectivity index (χ0v) is 23.0. The van der Waals surface area contributed by atoms with Crippen LogP contribution in [0.25, 0.3) is 28.0 Å². The van der Waals surface area contributed by atoms with Gasteiger partial charge in [0, 0.05) is 5.56 Å². The van der Waals surface area contributed by atoms with E-state index in [2.05, 4.69) is 16.2 Å². The number of nitriles is 1. The molecule has 0 spiro atoms. The van der Waals surface area contributed by atoms with E-state index in [1.165, 1.54) is 17.2 Å². The van der Waals surface area contributed by atoms with Crippen molar-refractivity contribution in [2.24, 2.45) is 5.10 Å². The van der Waals surface area contributed by atoms with Crippen molar-refractivity contribution in [3.05, 3.63) is 102 Å². The Labute approximate surface area is 250 Å². The first-order valence-corrected chi connectivity index (χ1v) is 13.6. The van der Waals surface area contributed by atoms with Gasteiger partial charge < -0.3 is 29.9 Å². The molecule has 1 aliphatic heterocycles. The van der Waals surface area contributed by atoms with Crippen LogP contribution < -0.4 is 10.2 Å². The minimum absolute atomic E-state index is 0.0626. The Bertz CT molecular complexity index is 1900. The highest BCUT2D eigenvalue weighted by atomic mass is 16.7. The average Bonchev–Trinajstić information content (AvgIpc) is 3.46. The third-order valence-corrected chi connectivity index (χ3v) is 7.22. The second-order valence-corrected chi connectivity index (χ2v) is 10.1. The molecule has 6 rings (SSSR count). The number of aromatic nitrogens is 4. The van der Waals surface area contributed by atoms with E-state index in [9.17, 15) is 25.7 Å². The van der Waals surface area contributed by atoms with Gasteiger partial charge in [0.05, 0.1) is 35.5 Å². The Morgan fingerprint density at radius 1 is 0.977 bits per heavy atom. The Morgan fingerprint density at radius 3 is 2.39 bits per heavy atom. The molecule has 0 saturated carbocycles. The van der Waals surface area contributed by atoms with E-state index < -0.39 is 37.3 Å². The lowest BCUT2D eigenvalue weighted by Gasteiger charge is -2.39. The highest BCUT2D eigenvalue weighted by Crippen LogP contribution is 2.27. The number of nitrogens with zero attached hydrogens (tertiary/aromatic N) is 6. The molecular weight excluding hydrogens is 566 g/mol. The fraction of sp³-hybridized carbons (Fsp3) is 0.194. The second-order valence-electron chi connectivity index (χ2n) is 10.1. The van der Waals surface area contributed by atoms with Gasteiger partial charge in [-0.2, -0.15) is 15.5 Å². The lowest BCUT2D eigenvalue weighted by atomic mass is 9.99. The monoisotopic (exact) mass is 593 g/mol. The van der Waals surface area contributed by atoms with Crippen molar-refractivity contribution in [1.82, 2.24) is 19.4 Å². The van der Waals surface area contributed by atoms with Crippen LogP contribution in [0.3, 0.4) is 0 Å². The summed E-state index contributed by atoms with van der Waals surface area (Å²) in [6.45, 7) is -0.556. The normalized spacial score (nSPS) is 21.8. The van der Waals surface area contributed by atoms with E-state index in [-0.39, 0.29) is 5.49 Å². The van der Waals surface area contributed by atoms with Gasteiger partial charge in [0.25, 0.3) is 0 Å². The highest BCUT2D eigenvalue weighted by molar-refractivity contribution is 5.91. The van der Waals surface area contributed by atoms with E-state index in [0.29, 0.717) is 39.3 Å². The minimum atomic E-state index is -1.54. The van der Waals surface area contributed by atoms with Crippen LogP contribution in [0.5, 0.6) is 5.75 Å². The molecular formula is C31H27N7O6.